The molecule has 0 fully saturated rings. The van der Waals surface area contributed by atoms with Gasteiger partial charge in [-0.05, 0) is 16.7 Å². The Morgan fingerprint density at radius 2 is 1.24 bits per heavy atom. The number of carbonyl (C=O) groups excluding carboxylic acids is 2. The van der Waals surface area contributed by atoms with Crippen LogP contribution in [0.2, 0.25) is 0 Å². The van der Waals surface area contributed by atoms with Crippen LogP contribution in [0, 0.1) is 0 Å². The van der Waals surface area contributed by atoms with E-state index in [4.69, 9.17) is 10.5 Å². The lowest BCUT2D eigenvalue weighted by molar-refractivity contribution is -0.157. The second kappa shape index (κ2) is 9.66. The van der Waals surface area contributed by atoms with Crippen molar-refractivity contribution in [2.45, 2.75) is 25.1 Å². The second-order valence-corrected chi connectivity index (χ2v) is 6.83. The summed E-state index contributed by atoms with van der Waals surface area (Å²) in [7, 11) is 0. The van der Waals surface area contributed by atoms with Crippen molar-refractivity contribution in [2.24, 2.45) is 5.73 Å². The van der Waals surface area contributed by atoms with E-state index in [1.807, 2.05) is 91.0 Å². The SMILES string of the molecule is NC(=O)[C@@](Cc1ccccc1)(NCc1ccccc1)C(=O)OCc1ccccc1. The third-order valence-electron chi connectivity index (χ3n) is 4.73. The van der Waals surface area contributed by atoms with Crippen LogP contribution in [0.1, 0.15) is 16.7 Å². The van der Waals surface area contributed by atoms with Gasteiger partial charge in [0.15, 0.2) is 0 Å². The first-order valence-electron chi connectivity index (χ1n) is 9.44. The van der Waals surface area contributed by atoms with Gasteiger partial charge in [-0.3, -0.25) is 10.1 Å². The molecule has 0 saturated carbocycles. The van der Waals surface area contributed by atoms with Crippen molar-refractivity contribution in [2.75, 3.05) is 0 Å². The quantitative estimate of drug-likeness (QED) is 0.436. The fourth-order valence-electron chi connectivity index (χ4n) is 3.08. The number of hydrogen-bond acceptors (Lipinski definition) is 4. The lowest BCUT2D eigenvalue weighted by Gasteiger charge is -2.30. The molecule has 0 unspecified atom stereocenters. The lowest BCUT2D eigenvalue weighted by atomic mass is 9.89. The van der Waals surface area contributed by atoms with Crippen molar-refractivity contribution >= 4 is 11.9 Å². The van der Waals surface area contributed by atoms with E-state index >= 15 is 0 Å². The summed E-state index contributed by atoms with van der Waals surface area (Å²) < 4.78 is 5.51. The number of esters is 1. The van der Waals surface area contributed by atoms with Crippen molar-refractivity contribution in [3.05, 3.63) is 108 Å². The van der Waals surface area contributed by atoms with Gasteiger partial charge < -0.3 is 10.5 Å². The van der Waals surface area contributed by atoms with Crippen LogP contribution in [-0.4, -0.2) is 17.4 Å². The first-order valence-corrected chi connectivity index (χ1v) is 9.44. The van der Waals surface area contributed by atoms with E-state index in [1.54, 1.807) is 0 Å². The van der Waals surface area contributed by atoms with Crippen LogP contribution in [-0.2, 0) is 33.9 Å². The van der Waals surface area contributed by atoms with Crippen LogP contribution in [0.3, 0.4) is 0 Å². The maximum absolute atomic E-state index is 13.1. The number of primary amides is 1. The average molecular weight is 388 g/mol. The summed E-state index contributed by atoms with van der Waals surface area (Å²) in [6.45, 7) is 0.369. The molecule has 0 bridgehead atoms. The summed E-state index contributed by atoms with van der Waals surface area (Å²) in [6.07, 6.45) is 0.101. The van der Waals surface area contributed by atoms with Crippen LogP contribution in [0.5, 0.6) is 0 Å². The molecule has 3 aromatic rings. The summed E-state index contributed by atoms with van der Waals surface area (Å²) in [4.78, 5) is 25.7. The van der Waals surface area contributed by atoms with Crippen molar-refractivity contribution < 1.29 is 14.3 Å². The number of hydrogen-bond donors (Lipinski definition) is 2. The zero-order chi connectivity index (χ0) is 20.5. The highest BCUT2D eigenvalue weighted by Crippen LogP contribution is 2.18. The van der Waals surface area contributed by atoms with Gasteiger partial charge in [0, 0.05) is 13.0 Å². The highest BCUT2D eigenvalue weighted by atomic mass is 16.5. The number of ether oxygens (including phenoxy) is 1. The number of carbonyl (C=O) groups is 2. The number of rotatable bonds is 9. The molecule has 0 radical (unpaired) electrons. The van der Waals surface area contributed by atoms with Gasteiger partial charge in [0.2, 0.25) is 11.4 Å². The molecule has 0 aliphatic rings. The molecule has 148 valence electrons. The molecule has 0 saturated heterocycles. The molecular formula is C24H24N2O3. The van der Waals surface area contributed by atoms with Crippen molar-refractivity contribution in [1.29, 1.82) is 0 Å². The van der Waals surface area contributed by atoms with E-state index in [-0.39, 0.29) is 13.0 Å². The molecule has 1 amide bonds. The van der Waals surface area contributed by atoms with Crippen LogP contribution in [0.25, 0.3) is 0 Å². The monoisotopic (exact) mass is 388 g/mol. The minimum Gasteiger partial charge on any atom is -0.459 e. The van der Waals surface area contributed by atoms with E-state index in [2.05, 4.69) is 5.32 Å². The van der Waals surface area contributed by atoms with Crippen LogP contribution >= 0.6 is 0 Å². The zero-order valence-electron chi connectivity index (χ0n) is 16.1. The van der Waals surface area contributed by atoms with Crippen molar-refractivity contribution in [3.63, 3.8) is 0 Å². The maximum atomic E-state index is 13.1. The first kappa shape index (κ1) is 20.3. The number of benzene rings is 3. The third-order valence-corrected chi connectivity index (χ3v) is 4.73. The van der Waals surface area contributed by atoms with Crippen LogP contribution < -0.4 is 11.1 Å². The molecular weight excluding hydrogens is 364 g/mol. The van der Waals surface area contributed by atoms with E-state index in [9.17, 15) is 9.59 Å². The van der Waals surface area contributed by atoms with Crippen molar-refractivity contribution in [3.8, 4) is 0 Å². The van der Waals surface area contributed by atoms with Gasteiger partial charge >= 0.3 is 5.97 Å². The average Bonchev–Trinajstić information content (AvgIpc) is 2.77. The Balaban J connectivity index is 1.84. The zero-order valence-corrected chi connectivity index (χ0v) is 16.1. The Bertz CT molecular complexity index is 930. The third kappa shape index (κ3) is 5.30. The minimum atomic E-state index is -1.67. The van der Waals surface area contributed by atoms with Crippen LogP contribution in [0.15, 0.2) is 91.0 Å². The number of nitrogens with one attached hydrogen (secondary N) is 1. The Labute approximate surface area is 170 Å². The predicted molar refractivity (Wildman–Crippen MR) is 112 cm³/mol. The van der Waals surface area contributed by atoms with E-state index in [0.29, 0.717) is 6.54 Å². The van der Waals surface area contributed by atoms with Gasteiger partial charge in [0.1, 0.15) is 6.61 Å². The summed E-state index contributed by atoms with van der Waals surface area (Å²) >= 11 is 0. The van der Waals surface area contributed by atoms with Gasteiger partial charge in [-0.15, -0.1) is 0 Å². The Kier molecular flexibility index (Phi) is 6.76. The van der Waals surface area contributed by atoms with Gasteiger partial charge in [0.05, 0.1) is 0 Å². The molecule has 5 nitrogen and oxygen atoms in total. The molecule has 5 heteroatoms. The summed E-state index contributed by atoms with van der Waals surface area (Å²) in [5, 5.41) is 3.08. The normalized spacial score (nSPS) is 12.7. The van der Waals surface area contributed by atoms with E-state index in [1.165, 1.54) is 0 Å². The van der Waals surface area contributed by atoms with Gasteiger partial charge in [0.25, 0.3) is 0 Å². The molecule has 0 heterocycles. The molecule has 3 N–H and O–H groups in total. The summed E-state index contributed by atoms with van der Waals surface area (Å²) in [6, 6.07) is 28.1. The molecule has 0 aromatic heterocycles. The smallest absolute Gasteiger partial charge is 0.336 e. The highest BCUT2D eigenvalue weighted by Gasteiger charge is 2.46. The molecule has 0 spiro atoms. The molecule has 0 aliphatic carbocycles. The van der Waals surface area contributed by atoms with Gasteiger partial charge in [-0.25, -0.2) is 4.79 Å². The summed E-state index contributed by atoms with van der Waals surface area (Å²) in [5.41, 5.74) is 6.65. The fraction of sp³-hybridized carbons (Fsp3) is 0.167. The second-order valence-electron chi connectivity index (χ2n) is 6.83. The van der Waals surface area contributed by atoms with E-state index in [0.717, 1.165) is 16.7 Å². The van der Waals surface area contributed by atoms with Crippen LogP contribution in [0.4, 0.5) is 0 Å². The lowest BCUT2D eigenvalue weighted by Crippen LogP contribution is -2.62. The highest BCUT2D eigenvalue weighted by molar-refractivity contribution is 6.07. The van der Waals surface area contributed by atoms with E-state index < -0.39 is 17.4 Å². The predicted octanol–water partition coefficient (Wildman–Crippen LogP) is 2.99. The Morgan fingerprint density at radius 1 is 0.759 bits per heavy atom. The Morgan fingerprint density at radius 3 is 1.76 bits per heavy atom. The molecule has 1 atom stereocenters. The van der Waals surface area contributed by atoms with Gasteiger partial charge in [-0.1, -0.05) is 91.0 Å². The number of nitrogens with two attached hydrogens (primary N) is 1. The summed E-state index contributed by atoms with van der Waals surface area (Å²) in [5.74, 6) is -1.45. The fourth-order valence-corrected chi connectivity index (χ4v) is 3.08. The molecule has 3 aromatic carbocycles. The first-order chi connectivity index (χ1) is 14.1. The molecule has 0 aliphatic heterocycles. The largest absolute Gasteiger partial charge is 0.459 e. The minimum absolute atomic E-state index is 0.0660. The molecule has 29 heavy (non-hydrogen) atoms. The topological polar surface area (TPSA) is 81.4 Å². The van der Waals surface area contributed by atoms with Crippen molar-refractivity contribution in [1.82, 2.24) is 5.32 Å². The van der Waals surface area contributed by atoms with Gasteiger partial charge in [-0.2, -0.15) is 0 Å². The Hall–Kier alpha value is -3.44. The standard InChI is InChI=1S/C24H24N2O3/c25-22(27)24(16-19-10-4-1-5-11-19,26-17-20-12-6-2-7-13-20)23(28)29-18-21-14-8-3-9-15-21/h1-15,26H,16-18H2,(H2,25,27)/t24-/m1/s1. The maximum Gasteiger partial charge on any atom is 0.336 e. The number of amides is 1. The molecule has 3 rings (SSSR count).